The van der Waals surface area contributed by atoms with Crippen LogP contribution in [0.4, 0.5) is 0 Å². The highest BCUT2D eigenvalue weighted by Gasteiger charge is 2.40. The normalized spacial score (nSPS) is 16.9. The second-order valence-electron chi connectivity index (χ2n) is 5.51. The predicted octanol–water partition coefficient (Wildman–Crippen LogP) is 3.22. The lowest BCUT2D eigenvalue weighted by Crippen LogP contribution is -2.45. The van der Waals surface area contributed by atoms with Crippen molar-refractivity contribution in [1.82, 2.24) is 4.72 Å². The molecular formula is C13H18BrNO2S. The average Bonchev–Trinajstić information content (AvgIpc) is 3.03. The van der Waals surface area contributed by atoms with Gasteiger partial charge in [-0.3, -0.25) is 0 Å². The average molecular weight is 332 g/mol. The topological polar surface area (TPSA) is 46.2 Å². The number of rotatable bonds is 4. The molecule has 0 heterocycles. The summed E-state index contributed by atoms with van der Waals surface area (Å²) in [5.74, 6) is 0.462. The van der Waals surface area contributed by atoms with E-state index in [1.807, 2.05) is 20.8 Å². The Balaban J connectivity index is 2.27. The number of hydrogen-bond acceptors (Lipinski definition) is 2. The van der Waals surface area contributed by atoms with E-state index in [-0.39, 0.29) is 5.54 Å². The van der Waals surface area contributed by atoms with Crippen LogP contribution >= 0.6 is 15.9 Å². The smallest absolute Gasteiger partial charge is 0.207 e. The number of aryl methyl sites for hydroxylation is 1. The third-order valence-corrected chi connectivity index (χ3v) is 5.99. The first-order valence-corrected chi connectivity index (χ1v) is 8.30. The molecule has 3 nitrogen and oxygen atoms in total. The third-order valence-electron chi connectivity index (χ3n) is 3.44. The first-order valence-electron chi connectivity index (χ1n) is 6.02. The van der Waals surface area contributed by atoms with Crippen LogP contribution in [0.5, 0.6) is 0 Å². The van der Waals surface area contributed by atoms with E-state index in [1.165, 1.54) is 0 Å². The fourth-order valence-electron chi connectivity index (χ4n) is 2.08. The number of nitrogens with one attached hydrogen (secondary N) is 1. The quantitative estimate of drug-likeness (QED) is 0.920. The van der Waals surface area contributed by atoms with Crippen molar-refractivity contribution in [2.75, 3.05) is 0 Å². The Labute approximate surface area is 117 Å². The summed E-state index contributed by atoms with van der Waals surface area (Å²) in [6.07, 6.45) is 2.21. The van der Waals surface area contributed by atoms with E-state index in [1.54, 1.807) is 18.2 Å². The Morgan fingerprint density at radius 3 is 2.44 bits per heavy atom. The second kappa shape index (κ2) is 4.62. The lowest BCUT2D eigenvalue weighted by atomic mass is 10.0. The number of halogens is 1. The van der Waals surface area contributed by atoms with Gasteiger partial charge in [-0.2, -0.15) is 0 Å². The molecule has 2 rings (SSSR count). The predicted molar refractivity (Wildman–Crippen MR) is 76.0 cm³/mol. The van der Waals surface area contributed by atoms with Crippen LogP contribution < -0.4 is 4.72 Å². The molecule has 1 aromatic carbocycles. The monoisotopic (exact) mass is 331 g/mol. The van der Waals surface area contributed by atoms with Crippen LogP contribution in [-0.2, 0) is 10.0 Å². The maximum atomic E-state index is 12.3. The molecule has 18 heavy (non-hydrogen) atoms. The zero-order chi connectivity index (χ0) is 13.6. The third kappa shape index (κ3) is 2.95. The van der Waals surface area contributed by atoms with E-state index in [4.69, 9.17) is 0 Å². The Kier molecular flexibility index (Phi) is 3.60. The molecule has 0 atom stereocenters. The minimum absolute atomic E-state index is 0.330. The standard InChI is InChI=1S/C13H18BrNO2S/c1-9-8-11(6-7-12(9)14)18(16,17)15-13(2,3)10-4-5-10/h6-8,10,15H,4-5H2,1-3H3. The molecule has 0 unspecified atom stereocenters. The molecule has 0 spiro atoms. The molecule has 0 aliphatic heterocycles. The summed E-state index contributed by atoms with van der Waals surface area (Å²) in [5.41, 5.74) is 0.557. The first kappa shape index (κ1) is 14.0. The summed E-state index contributed by atoms with van der Waals surface area (Å²) in [5, 5.41) is 0. The minimum Gasteiger partial charge on any atom is -0.207 e. The van der Waals surface area contributed by atoms with Crippen molar-refractivity contribution in [2.24, 2.45) is 5.92 Å². The summed E-state index contributed by atoms with van der Waals surface area (Å²) in [6, 6.07) is 5.09. The lowest BCUT2D eigenvalue weighted by molar-refractivity contribution is 0.400. The maximum Gasteiger partial charge on any atom is 0.241 e. The SMILES string of the molecule is Cc1cc(S(=O)(=O)NC(C)(C)C2CC2)ccc1Br. The zero-order valence-electron chi connectivity index (χ0n) is 10.8. The lowest BCUT2D eigenvalue weighted by Gasteiger charge is -2.25. The maximum absolute atomic E-state index is 12.3. The molecule has 1 fully saturated rings. The van der Waals surface area contributed by atoms with Gasteiger partial charge in [-0.1, -0.05) is 15.9 Å². The van der Waals surface area contributed by atoms with Gasteiger partial charge in [0.1, 0.15) is 0 Å². The largest absolute Gasteiger partial charge is 0.241 e. The van der Waals surface area contributed by atoms with Gasteiger partial charge in [0.15, 0.2) is 0 Å². The fraction of sp³-hybridized carbons (Fsp3) is 0.538. The zero-order valence-corrected chi connectivity index (χ0v) is 13.2. The highest BCUT2D eigenvalue weighted by molar-refractivity contribution is 9.10. The number of benzene rings is 1. The highest BCUT2D eigenvalue weighted by Crippen LogP contribution is 2.40. The van der Waals surface area contributed by atoms with Gasteiger partial charge in [-0.15, -0.1) is 0 Å². The molecule has 0 bridgehead atoms. The minimum atomic E-state index is -3.43. The fourth-order valence-corrected chi connectivity index (χ4v) is 3.88. The van der Waals surface area contributed by atoms with Crippen molar-refractivity contribution < 1.29 is 8.42 Å². The van der Waals surface area contributed by atoms with E-state index < -0.39 is 10.0 Å². The molecule has 0 saturated heterocycles. The van der Waals surface area contributed by atoms with E-state index in [0.29, 0.717) is 10.8 Å². The summed E-state index contributed by atoms with van der Waals surface area (Å²) in [7, 11) is -3.43. The summed E-state index contributed by atoms with van der Waals surface area (Å²) < 4.78 is 28.4. The number of hydrogen-bond donors (Lipinski definition) is 1. The van der Waals surface area contributed by atoms with Gasteiger partial charge in [0.2, 0.25) is 10.0 Å². The van der Waals surface area contributed by atoms with Gasteiger partial charge in [0.25, 0.3) is 0 Å². The van der Waals surface area contributed by atoms with E-state index in [2.05, 4.69) is 20.7 Å². The number of sulfonamides is 1. The van der Waals surface area contributed by atoms with Crippen LogP contribution in [0, 0.1) is 12.8 Å². The van der Waals surface area contributed by atoms with Crippen LogP contribution in [0.3, 0.4) is 0 Å². The van der Waals surface area contributed by atoms with Crippen molar-refractivity contribution >= 4 is 26.0 Å². The van der Waals surface area contributed by atoms with Crippen molar-refractivity contribution in [2.45, 2.75) is 44.0 Å². The van der Waals surface area contributed by atoms with Crippen molar-refractivity contribution in [3.8, 4) is 0 Å². The van der Waals surface area contributed by atoms with E-state index in [9.17, 15) is 8.42 Å². The highest BCUT2D eigenvalue weighted by atomic mass is 79.9. The van der Waals surface area contributed by atoms with Gasteiger partial charge in [0.05, 0.1) is 4.90 Å². The molecular weight excluding hydrogens is 314 g/mol. The van der Waals surface area contributed by atoms with E-state index in [0.717, 1.165) is 22.9 Å². The summed E-state index contributed by atoms with van der Waals surface area (Å²) in [4.78, 5) is 0.330. The molecule has 1 aliphatic carbocycles. The van der Waals surface area contributed by atoms with Gasteiger partial charge in [0, 0.05) is 10.0 Å². The Hall–Kier alpha value is -0.390. The van der Waals surface area contributed by atoms with Gasteiger partial charge in [-0.05, 0) is 63.3 Å². The van der Waals surface area contributed by atoms with Crippen LogP contribution in [0.15, 0.2) is 27.6 Å². The van der Waals surface area contributed by atoms with E-state index >= 15 is 0 Å². The summed E-state index contributed by atoms with van der Waals surface area (Å²) >= 11 is 3.38. The van der Waals surface area contributed by atoms with Crippen LogP contribution in [0.25, 0.3) is 0 Å². The molecule has 0 radical (unpaired) electrons. The summed E-state index contributed by atoms with van der Waals surface area (Å²) in [6.45, 7) is 5.79. The molecule has 0 amide bonds. The first-order chi connectivity index (χ1) is 8.22. The Morgan fingerprint density at radius 2 is 1.94 bits per heavy atom. The molecule has 1 aromatic rings. The Morgan fingerprint density at radius 1 is 1.33 bits per heavy atom. The van der Waals surface area contributed by atoms with Crippen LogP contribution in [-0.4, -0.2) is 14.0 Å². The van der Waals surface area contributed by atoms with Crippen molar-refractivity contribution in [1.29, 1.82) is 0 Å². The van der Waals surface area contributed by atoms with Crippen LogP contribution in [0.2, 0.25) is 0 Å². The van der Waals surface area contributed by atoms with Crippen molar-refractivity contribution in [3.63, 3.8) is 0 Å². The molecule has 0 aromatic heterocycles. The molecule has 1 saturated carbocycles. The molecule has 1 N–H and O–H groups in total. The second-order valence-corrected chi connectivity index (χ2v) is 8.05. The molecule has 5 heteroatoms. The molecule has 100 valence electrons. The van der Waals surface area contributed by atoms with Gasteiger partial charge in [-0.25, -0.2) is 13.1 Å². The molecule has 1 aliphatic rings. The Bertz CT molecular complexity index is 562. The van der Waals surface area contributed by atoms with Crippen LogP contribution in [0.1, 0.15) is 32.3 Å². The van der Waals surface area contributed by atoms with Gasteiger partial charge < -0.3 is 0 Å². The van der Waals surface area contributed by atoms with Crippen molar-refractivity contribution in [3.05, 3.63) is 28.2 Å². The van der Waals surface area contributed by atoms with Gasteiger partial charge >= 0.3 is 0 Å².